The minimum absolute atomic E-state index is 0.136. The molecule has 0 spiro atoms. The number of hydrazine groups is 1. The Labute approximate surface area is 412 Å². The van der Waals surface area contributed by atoms with E-state index in [0.717, 1.165) is 63.2 Å². The van der Waals surface area contributed by atoms with Gasteiger partial charge in [-0.2, -0.15) is 0 Å². The van der Waals surface area contributed by atoms with Crippen LogP contribution >= 0.6 is 0 Å². The molecule has 4 aromatic rings. The average Bonchev–Trinajstić information content (AvgIpc) is 3.96. The van der Waals surface area contributed by atoms with Crippen molar-refractivity contribution in [2.45, 2.75) is 110 Å². The Balaban J connectivity index is 1.20. The van der Waals surface area contributed by atoms with Gasteiger partial charge in [-0.3, -0.25) is 34.0 Å². The summed E-state index contributed by atoms with van der Waals surface area (Å²) in [7, 11) is 5.47. The van der Waals surface area contributed by atoms with Crippen LogP contribution in [0.5, 0.6) is 0 Å². The molecule has 4 aliphatic heterocycles. The molecule has 6 bridgehead atoms. The number of likely N-dealkylation sites (tertiary alicyclic amines) is 2. The van der Waals surface area contributed by atoms with Crippen molar-refractivity contribution in [2.24, 2.45) is 17.3 Å². The van der Waals surface area contributed by atoms with E-state index in [2.05, 4.69) is 91.0 Å². The van der Waals surface area contributed by atoms with Crippen molar-refractivity contribution in [3.8, 4) is 22.4 Å². The predicted molar refractivity (Wildman–Crippen MR) is 270 cm³/mol. The molecule has 15 heteroatoms. The number of nitrogens with one attached hydrogen (secondary N) is 2. The Morgan fingerprint density at radius 1 is 1.04 bits per heavy atom. The minimum Gasteiger partial charge on any atom is -0.464 e. The number of cyclic esters (lactones) is 1. The summed E-state index contributed by atoms with van der Waals surface area (Å²) in [6, 6.07) is 14.3. The van der Waals surface area contributed by atoms with Crippen LogP contribution in [0.3, 0.4) is 0 Å². The quantitative estimate of drug-likeness (QED) is 0.129. The van der Waals surface area contributed by atoms with Crippen LogP contribution in [0.15, 0.2) is 67.4 Å². The normalized spacial score (nSPS) is 22.0. The highest BCUT2D eigenvalue weighted by Crippen LogP contribution is 2.43. The summed E-state index contributed by atoms with van der Waals surface area (Å²) in [6.45, 7) is 19.6. The van der Waals surface area contributed by atoms with E-state index in [1.165, 1.54) is 21.5 Å². The first-order chi connectivity index (χ1) is 33.4. The number of hydrogen-bond donors (Lipinski definition) is 2. The van der Waals surface area contributed by atoms with E-state index >= 15 is 0 Å². The molecule has 0 aliphatic carbocycles. The largest absolute Gasteiger partial charge is 0.464 e. The van der Waals surface area contributed by atoms with Crippen LogP contribution in [0.1, 0.15) is 95.2 Å². The van der Waals surface area contributed by atoms with E-state index < -0.39 is 47.2 Å². The number of likely N-dealkylation sites (N-methyl/N-ethyl adjacent to an activating group) is 2. The third-order valence-corrected chi connectivity index (χ3v) is 15.0. The van der Waals surface area contributed by atoms with Gasteiger partial charge in [0.05, 0.1) is 30.0 Å². The third-order valence-electron chi connectivity index (χ3n) is 15.0. The van der Waals surface area contributed by atoms with Crippen LogP contribution in [0.25, 0.3) is 33.3 Å². The van der Waals surface area contributed by atoms with Crippen LogP contribution in [-0.4, -0.2) is 138 Å². The summed E-state index contributed by atoms with van der Waals surface area (Å²) >= 11 is 0. The zero-order valence-electron chi connectivity index (χ0n) is 42.5. The number of amides is 4. The number of pyridine rings is 1. The number of esters is 1. The number of carbonyl (C=O) groups is 5. The van der Waals surface area contributed by atoms with Gasteiger partial charge in [0.1, 0.15) is 18.1 Å². The predicted octanol–water partition coefficient (Wildman–Crippen LogP) is 6.29. The summed E-state index contributed by atoms with van der Waals surface area (Å²) in [5.74, 6) is -2.17. The smallest absolute Gasteiger partial charge is 0.324 e. The maximum atomic E-state index is 14.8. The second-order valence-electron chi connectivity index (χ2n) is 21.1. The van der Waals surface area contributed by atoms with Crippen molar-refractivity contribution in [1.29, 1.82) is 0 Å². The molecule has 1 unspecified atom stereocenters. The van der Waals surface area contributed by atoms with Crippen molar-refractivity contribution in [3.05, 3.63) is 89.8 Å². The highest BCUT2D eigenvalue weighted by Gasteiger charge is 2.40. The van der Waals surface area contributed by atoms with Crippen molar-refractivity contribution in [1.82, 2.24) is 40.0 Å². The standard InChI is InChI=1S/C55H72N8O7/c1-11-47(64)61-22-20-38(31-61)52(66)60(9)49(33(3)4)51(65)57-45-24-35-15-13-16-36(23-35)37-18-19-46-41(25-37)43(27-55(6,7)32-70-54(68)44-17-14-21-63(58-44)53(45)67)50(62(46)12-2)42-26-39(40-29-59(8)30-40)28-56-48(42)34(5)69-10/h11,13,15-16,18-19,23,25-26,28,33-34,38,40,44-45,49,58H,1,12,14,17,20-22,24,27,29-32H2,2-10H3,(H,57,65)/t34-,38-,44-,45-,49?/m0/s1. The maximum absolute atomic E-state index is 14.8. The Kier molecular flexibility index (Phi) is 15.0. The molecule has 2 N–H and O–H groups in total. The molecule has 0 radical (unpaired) electrons. The van der Waals surface area contributed by atoms with Gasteiger partial charge in [0.15, 0.2) is 0 Å². The lowest BCUT2D eigenvalue weighted by Crippen LogP contribution is -2.62. The fraction of sp³-hybridized carbons (Fsp3) is 0.527. The van der Waals surface area contributed by atoms with Crippen LogP contribution in [0.2, 0.25) is 0 Å². The fourth-order valence-corrected chi connectivity index (χ4v) is 11.1. The molecule has 3 fully saturated rings. The lowest BCUT2D eigenvalue weighted by atomic mass is 9.83. The molecule has 15 nitrogen and oxygen atoms in total. The molecule has 5 atom stereocenters. The number of methoxy groups -OCH3 is 1. The summed E-state index contributed by atoms with van der Waals surface area (Å²) in [4.78, 5) is 80.2. The number of rotatable bonds is 11. The average molecular weight is 957 g/mol. The Bertz CT molecular complexity index is 2650. The molecule has 2 aromatic carbocycles. The molecule has 4 aliphatic rings. The monoisotopic (exact) mass is 957 g/mol. The highest BCUT2D eigenvalue weighted by molar-refractivity contribution is 5.96. The highest BCUT2D eigenvalue weighted by atomic mass is 16.5. The Morgan fingerprint density at radius 2 is 1.80 bits per heavy atom. The first-order valence-electron chi connectivity index (χ1n) is 25.1. The zero-order chi connectivity index (χ0) is 50.2. The van der Waals surface area contributed by atoms with E-state index in [1.54, 1.807) is 19.1 Å². The lowest BCUT2D eigenvalue weighted by Gasteiger charge is -2.37. The van der Waals surface area contributed by atoms with E-state index in [4.69, 9.17) is 14.5 Å². The van der Waals surface area contributed by atoms with Crippen molar-refractivity contribution < 1.29 is 33.4 Å². The first-order valence-corrected chi connectivity index (χ1v) is 25.1. The Hall–Kier alpha value is -5.90. The molecule has 70 heavy (non-hydrogen) atoms. The van der Waals surface area contributed by atoms with Gasteiger partial charge in [-0.15, -0.1) is 0 Å². The molecule has 4 amide bonds. The number of benzene rings is 2. The second-order valence-corrected chi connectivity index (χ2v) is 21.1. The molecule has 3 saturated heterocycles. The zero-order valence-corrected chi connectivity index (χ0v) is 42.5. The summed E-state index contributed by atoms with van der Waals surface area (Å²) in [5, 5.41) is 5.61. The minimum atomic E-state index is -1.05. The molecular weight excluding hydrogens is 885 g/mol. The van der Waals surface area contributed by atoms with Crippen LogP contribution < -0.4 is 10.7 Å². The van der Waals surface area contributed by atoms with E-state index in [-0.39, 0.29) is 43.4 Å². The number of nitrogens with zero attached hydrogens (tertiary/aromatic N) is 6. The molecule has 8 rings (SSSR count). The summed E-state index contributed by atoms with van der Waals surface area (Å²) in [6.07, 6.45) is 5.23. The summed E-state index contributed by atoms with van der Waals surface area (Å²) < 4.78 is 14.6. The second kappa shape index (κ2) is 20.8. The number of hydrogen-bond acceptors (Lipinski definition) is 10. The van der Waals surface area contributed by atoms with Crippen molar-refractivity contribution >= 4 is 40.5 Å². The number of fused-ring (bicyclic) bond motifs is 6. The third kappa shape index (κ3) is 10.3. The lowest BCUT2D eigenvalue weighted by molar-refractivity contribution is -0.155. The van der Waals surface area contributed by atoms with Gasteiger partial charge in [0.2, 0.25) is 17.7 Å². The van der Waals surface area contributed by atoms with Gasteiger partial charge < -0.3 is 34.1 Å². The molecule has 0 saturated carbocycles. The van der Waals surface area contributed by atoms with Gasteiger partial charge in [-0.05, 0) is 105 Å². The van der Waals surface area contributed by atoms with E-state index in [9.17, 15) is 24.0 Å². The number of aryl methyl sites for hydroxylation is 1. The number of ether oxygens (including phenoxy) is 2. The van der Waals surface area contributed by atoms with E-state index in [1.807, 2.05) is 39.1 Å². The SMILES string of the molecule is C=CC(=O)N1CC[C@H](C(=O)N(C)C(C(=O)N[C@H]2Cc3cccc(c3)-c3ccc4c(c3)c(c(-c3cc(C5CN(C)C5)cnc3[C@H](C)OC)n4CC)CC(C)(C)COC(=O)[C@@H]3CCCN(N3)C2=O)C(C)C)C1. The van der Waals surface area contributed by atoms with Gasteiger partial charge in [-0.1, -0.05) is 64.6 Å². The van der Waals surface area contributed by atoms with Gasteiger partial charge in [-0.25, -0.2) is 5.43 Å². The maximum Gasteiger partial charge on any atom is 0.324 e. The van der Waals surface area contributed by atoms with E-state index in [0.29, 0.717) is 51.2 Å². The van der Waals surface area contributed by atoms with Crippen LogP contribution in [-0.2, 0) is 52.8 Å². The van der Waals surface area contributed by atoms with Gasteiger partial charge in [0, 0.05) is 93.8 Å². The van der Waals surface area contributed by atoms with Gasteiger partial charge >= 0.3 is 5.97 Å². The van der Waals surface area contributed by atoms with Crippen molar-refractivity contribution in [3.63, 3.8) is 0 Å². The number of aromatic nitrogens is 2. The molecule has 6 heterocycles. The molecule has 374 valence electrons. The molecular formula is C55H72N8O7. The van der Waals surface area contributed by atoms with Crippen LogP contribution in [0.4, 0.5) is 0 Å². The first kappa shape index (κ1) is 50.5. The Morgan fingerprint density at radius 3 is 2.50 bits per heavy atom. The van der Waals surface area contributed by atoms with Crippen molar-refractivity contribution in [2.75, 3.05) is 60.5 Å². The number of carbonyl (C=O) groups excluding carboxylic acids is 5. The van der Waals surface area contributed by atoms with Crippen LogP contribution in [0, 0.1) is 17.3 Å². The topological polar surface area (TPSA) is 159 Å². The summed E-state index contributed by atoms with van der Waals surface area (Å²) in [5.41, 5.74) is 11.8. The van der Waals surface area contributed by atoms with Gasteiger partial charge in [0.25, 0.3) is 5.91 Å². The fourth-order valence-electron chi connectivity index (χ4n) is 11.1. The molecule has 2 aromatic heterocycles.